The summed E-state index contributed by atoms with van der Waals surface area (Å²) < 4.78 is 24.2. The fourth-order valence-corrected chi connectivity index (χ4v) is 4.28. The third-order valence-corrected chi connectivity index (χ3v) is 6.19. The van der Waals surface area contributed by atoms with Crippen LogP contribution in [0, 0.1) is 12.7 Å². The van der Waals surface area contributed by atoms with Crippen molar-refractivity contribution < 1.29 is 18.7 Å². The van der Waals surface area contributed by atoms with Crippen LogP contribution in [0.1, 0.15) is 43.9 Å². The highest BCUT2D eigenvalue weighted by Crippen LogP contribution is 2.27. The van der Waals surface area contributed by atoms with E-state index in [4.69, 9.17) is 9.47 Å². The van der Waals surface area contributed by atoms with Crippen LogP contribution in [0.3, 0.4) is 0 Å². The van der Waals surface area contributed by atoms with Gasteiger partial charge in [0.2, 0.25) is 0 Å². The first-order valence-corrected chi connectivity index (χ1v) is 11.4. The molecule has 0 radical (unpaired) electrons. The molecule has 0 aliphatic heterocycles. The van der Waals surface area contributed by atoms with Gasteiger partial charge in [-0.3, -0.25) is 0 Å². The Morgan fingerprint density at radius 3 is 2.67 bits per heavy atom. The van der Waals surface area contributed by atoms with Crippen LogP contribution < -0.4 is 4.74 Å². The van der Waals surface area contributed by atoms with Crippen LogP contribution >= 0.6 is 11.3 Å². The fourth-order valence-electron chi connectivity index (χ4n) is 3.56. The van der Waals surface area contributed by atoms with Crippen molar-refractivity contribution in [2.75, 3.05) is 13.7 Å². The zero-order valence-electron chi connectivity index (χ0n) is 18.4. The number of H-pyrrole nitrogens is 1. The van der Waals surface area contributed by atoms with E-state index in [9.17, 15) is 9.18 Å². The van der Waals surface area contributed by atoms with Crippen LogP contribution in [-0.4, -0.2) is 34.6 Å². The summed E-state index contributed by atoms with van der Waals surface area (Å²) in [6.45, 7) is 2.24. The Morgan fingerprint density at radius 1 is 1.18 bits per heavy atom. The number of benzene rings is 2. The van der Waals surface area contributed by atoms with E-state index in [1.165, 1.54) is 19.2 Å². The summed E-state index contributed by atoms with van der Waals surface area (Å²) in [5.41, 5.74) is 3.19. The van der Waals surface area contributed by atoms with Crippen molar-refractivity contribution in [2.24, 2.45) is 0 Å². The number of esters is 1. The van der Waals surface area contributed by atoms with Crippen LogP contribution in [0.4, 0.5) is 4.39 Å². The van der Waals surface area contributed by atoms with Gasteiger partial charge in [-0.05, 0) is 55.2 Å². The van der Waals surface area contributed by atoms with Gasteiger partial charge in [-0.2, -0.15) is 0 Å². The lowest BCUT2D eigenvalue weighted by molar-refractivity contribution is 0.0599. The number of rotatable bonds is 9. The monoisotopic (exact) mass is 465 g/mol. The average molecular weight is 466 g/mol. The largest absolute Gasteiger partial charge is 0.492 e. The third-order valence-electron chi connectivity index (χ3n) is 5.30. The molecule has 2 aromatic carbocycles. The molecule has 4 aromatic rings. The Morgan fingerprint density at radius 2 is 2.00 bits per heavy atom. The number of hydrogen-bond donors (Lipinski definition) is 1. The van der Waals surface area contributed by atoms with Crippen LogP contribution in [0.25, 0.3) is 0 Å². The second-order valence-corrected chi connectivity index (χ2v) is 8.52. The van der Waals surface area contributed by atoms with Gasteiger partial charge in [0.15, 0.2) is 0 Å². The highest BCUT2D eigenvalue weighted by atomic mass is 32.1. The predicted molar refractivity (Wildman–Crippen MR) is 124 cm³/mol. The number of methoxy groups -OCH3 is 1. The number of carbonyl (C=O) groups is 1. The molecule has 0 aliphatic carbocycles. The number of imidazole rings is 1. The van der Waals surface area contributed by atoms with Crippen molar-refractivity contribution in [3.63, 3.8) is 0 Å². The van der Waals surface area contributed by atoms with Gasteiger partial charge in [0, 0.05) is 17.8 Å². The lowest BCUT2D eigenvalue weighted by Gasteiger charge is -2.15. The molecule has 0 aliphatic rings. The van der Waals surface area contributed by atoms with Crippen molar-refractivity contribution in [1.82, 2.24) is 15.0 Å². The first-order chi connectivity index (χ1) is 16.0. The molecule has 1 unspecified atom stereocenters. The van der Waals surface area contributed by atoms with Crippen LogP contribution in [0.5, 0.6) is 5.75 Å². The molecular formula is C25H24FN3O3S. The topological polar surface area (TPSA) is 77.1 Å². The molecule has 33 heavy (non-hydrogen) atoms. The van der Waals surface area contributed by atoms with Gasteiger partial charge in [0.1, 0.15) is 34.9 Å². The molecule has 8 heteroatoms. The molecule has 1 atom stereocenters. The molecule has 1 N–H and O–H groups in total. The molecule has 4 rings (SSSR count). The van der Waals surface area contributed by atoms with Crippen molar-refractivity contribution in [1.29, 1.82) is 0 Å². The molecule has 0 bridgehead atoms. The first-order valence-electron chi connectivity index (χ1n) is 10.5. The molecule has 6 nitrogen and oxygen atoms in total. The van der Waals surface area contributed by atoms with E-state index >= 15 is 0 Å². The van der Waals surface area contributed by atoms with Gasteiger partial charge in [-0.15, -0.1) is 11.3 Å². The van der Waals surface area contributed by atoms with Gasteiger partial charge in [-0.25, -0.2) is 19.2 Å². The zero-order chi connectivity index (χ0) is 23.2. The Kier molecular flexibility index (Phi) is 7.14. The molecule has 0 amide bonds. The standard InChI is InChI=1S/C25H24FN3O3S/c1-16-14-28-23(29-16)22(24-27-11-12-33-24)15-32-20-10-7-18(21(13-20)25(30)31-2)6-3-17-4-8-19(26)9-5-17/h4-5,7-14,22H,3,6,15H2,1-2H3,(H,28,29). The number of aromatic nitrogens is 3. The molecule has 2 aromatic heterocycles. The van der Waals surface area contributed by atoms with Crippen molar-refractivity contribution in [3.8, 4) is 5.75 Å². The molecule has 170 valence electrons. The van der Waals surface area contributed by atoms with Crippen LogP contribution in [0.2, 0.25) is 0 Å². The minimum atomic E-state index is -0.423. The number of hydrogen-bond acceptors (Lipinski definition) is 6. The third kappa shape index (κ3) is 5.64. The predicted octanol–water partition coefficient (Wildman–Crippen LogP) is 5.10. The minimum Gasteiger partial charge on any atom is -0.492 e. The maximum Gasteiger partial charge on any atom is 0.338 e. The Hall–Kier alpha value is -3.52. The number of aryl methyl sites for hydroxylation is 3. The molecule has 0 saturated carbocycles. The van der Waals surface area contributed by atoms with E-state index < -0.39 is 5.97 Å². The van der Waals surface area contributed by atoms with Gasteiger partial charge in [-0.1, -0.05) is 18.2 Å². The lowest BCUT2D eigenvalue weighted by Crippen LogP contribution is -2.14. The second-order valence-electron chi connectivity index (χ2n) is 7.60. The van der Waals surface area contributed by atoms with E-state index in [1.54, 1.807) is 35.7 Å². The maximum absolute atomic E-state index is 13.2. The number of nitrogens with one attached hydrogen (secondary N) is 1. The van der Waals surface area contributed by atoms with Gasteiger partial charge >= 0.3 is 5.97 Å². The van der Waals surface area contributed by atoms with Gasteiger partial charge < -0.3 is 14.5 Å². The summed E-state index contributed by atoms with van der Waals surface area (Å²) in [5, 5.41) is 2.82. The zero-order valence-corrected chi connectivity index (χ0v) is 19.2. The number of nitrogens with zero attached hydrogens (tertiary/aromatic N) is 2. The van der Waals surface area contributed by atoms with Gasteiger partial charge in [0.05, 0.1) is 18.4 Å². The summed E-state index contributed by atoms with van der Waals surface area (Å²) in [6, 6.07) is 11.8. The Labute approximate surface area is 195 Å². The van der Waals surface area contributed by atoms with E-state index in [0.717, 1.165) is 27.7 Å². The summed E-state index contributed by atoms with van der Waals surface area (Å²) in [5.74, 6) is 0.500. The molecule has 0 saturated heterocycles. The summed E-state index contributed by atoms with van der Waals surface area (Å²) >= 11 is 1.54. The molecule has 2 heterocycles. The Bertz CT molecular complexity index is 1210. The lowest BCUT2D eigenvalue weighted by atomic mass is 9.99. The minimum absolute atomic E-state index is 0.154. The number of ether oxygens (including phenoxy) is 2. The summed E-state index contributed by atoms with van der Waals surface area (Å²) in [6.07, 6.45) is 4.90. The smallest absolute Gasteiger partial charge is 0.338 e. The fraction of sp³-hybridized carbons (Fsp3) is 0.240. The van der Waals surface area contributed by atoms with Crippen LogP contribution in [-0.2, 0) is 17.6 Å². The van der Waals surface area contributed by atoms with E-state index in [2.05, 4.69) is 15.0 Å². The maximum atomic E-state index is 13.2. The molecule has 0 fully saturated rings. The van der Waals surface area contributed by atoms with Crippen molar-refractivity contribution in [2.45, 2.75) is 25.7 Å². The average Bonchev–Trinajstić information content (AvgIpc) is 3.51. The number of aromatic amines is 1. The second kappa shape index (κ2) is 10.4. The highest BCUT2D eigenvalue weighted by molar-refractivity contribution is 7.09. The Balaban J connectivity index is 1.51. The van der Waals surface area contributed by atoms with Crippen molar-refractivity contribution in [3.05, 3.63) is 99.3 Å². The molecule has 0 spiro atoms. The summed E-state index contributed by atoms with van der Waals surface area (Å²) in [7, 11) is 1.36. The highest BCUT2D eigenvalue weighted by Gasteiger charge is 2.22. The van der Waals surface area contributed by atoms with Gasteiger partial charge in [0.25, 0.3) is 0 Å². The SMILES string of the molecule is COC(=O)c1cc(OCC(c2nc(C)c[nH]2)c2nccs2)ccc1CCc1ccc(F)cc1. The van der Waals surface area contributed by atoms with E-state index in [0.29, 0.717) is 30.8 Å². The number of carbonyl (C=O) groups excluding carboxylic acids is 1. The van der Waals surface area contributed by atoms with E-state index in [1.807, 2.05) is 30.6 Å². The quantitative estimate of drug-likeness (QED) is 0.348. The number of thiazole rings is 1. The normalized spacial score (nSPS) is 11.8. The van der Waals surface area contributed by atoms with Crippen LogP contribution in [0.15, 0.2) is 60.2 Å². The molecular weight excluding hydrogens is 441 g/mol. The van der Waals surface area contributed by atoms with Crippen molar-refractivity contribution >= 4 is 17.3 Å². The number of halogens is 1. The van der Waals surface area contributed by atoms with E-state index in [-0.39, 0.29) is 11.7 Å². The first kappa shape index (κ1) is 22.7. The summed E-state index contributed by atoms with van der Waals surface area (Å²) in [4.78, 5) is 24.6.